The second-order valence-corrected chi connectivity index (χ2v) is 7.40. The van der Waals surface area contributed by atoms with Crippen LogP contribution in [0.2, 0.25) is 0 Å². The van der Waals surface area contributed by atoms with Crippen LogP contribution in [0.15, 0.2) is 24.3 Å². The van der Waals surface area contributed by atoms with Crippen LogP contribution in [0.4, 0.5) is 0 Å². The van der Waals surface area contributed by atoms with Gasteiger partial charge >= 0.3 is 0 Å². The minimum Gasteiger partial charge on any atom is -0.508 e. The molecule has 0 unspecified atom stereocenters. The van der Waals surface area contributed by atoms with Gasteiger partial charge < -0.3 is 14.9 Å². The number of hydrogen-bond donors (Lipinski definition) is 2. The van der Waals surface area contributed by atoms with Crippen molar-refractivity contribution in [2.24, 2.45) is 11.8 Å². The SMILES string of the molecule is C[C@H]1CCCN(C(=O)C2CC[NH+](Cc3cccc(O)c3)CC2)C1. The fourth-order valence-corrected chi connectivity index (χ4v) is 4.05. The predicted molar refractivity (Wildman–Crippen MR) is 90.2 cm³/mol. The van der Waals surface area contributed by atoms with Gasteiger partial charge in [-0.15, -0.1) is 0 Å². The molecule has 4 nitrogen and oxygen atoms in total. The molecule has 3 rings (SSSR count). The van der Waals surface area contributed by atoms with Crippen molar-refractivity contribution in [3.05, 3.63) is 29.8 Å². The van der Waals surface area contributed by atoms with Crippen LogP contribution in [0.1, 0.15) is 38.2 Å². The molecule has 2 saturated heterocycles. The summed E-state index contributed by atoms with van der Waals surface area (Å²) in [7, 11) is 0. The Kier molecular flexibility index (Phi) is 5.21. The molecule has 2 aliphatic heterocycles. The normalized spacial score (nSPS) is 28.6. The summed E-state index contributed by atoms with van der Waals surface area (Å²) in [6.07, 6.45) is 4.42. The summed E-state index contributed by atoms with van der Waals surface area (Å²) in [4.78, 5) is 16.3. The monoisotopic (exact) mass is 317 g/mol. The Labute approximate surface area is 139 Å². The third-order valence-corrected chi connectivity index (χ3v) is 5.38. The first-order valence-electron chi connectivity index (χ1n) is 9.02. The molecule has 2 fully saturated rings. The van der Waals surface area contributed by atoms with Gasteiger partial charge in [0.2, 0.25) is 5.91 Å². The number of quaternary nitrogens is 1. The van der Waals surface area contributed by atoms with Gasteiger partial charge in [0.05, 0.1) is 13.1 Å². The van der Waals surface area contributed by atoms with E-state index in [4.69, 9.17) is 0 Å². The molecule has 0 aliphatic carbocycles. The fraction of sp³-hybridized carbons (Fsp3) is 0.632. The summed E-state index contributed by atoms with van der Waals surface area (Å²) in [6, 6.07) is 7.53. The van der Waals surface area contributed by atoms with Crippen molar-refractivity contribution < 1.29 is 14.8 Å². The number of benzene rings is 1. The molecular weight excluding hydrogens is 288 g/mol. The fourth-order valence-electron chi connectivity index (χ4n) is 4.05. The Bertz CT molecular complexity index is 538. The number of amides is 1. The summed E-state index contributed by atoms with van der Waals surface area (Å²) in [5, 5.41) is 9.56. The largest absolute Gasteiger partial charge is 0.508 e. The van der Waals surface area contributed by atoms with Crippen LogP contribution in [0.5, 0.6) is 5.75 Å². The molecule has 4 heteroatoms. The Balaban J connectivity index is 1.49. The summed E-state index contributed by atoms with van der Waals surface area (Å²) < 4.78 is 0. The van der Waals surface area contributed by atoms with Crippen LogP contribution in [0.3, 0.4) is 0 Å². The van der Waals surface area contributed by atoms with E-state index in [1.54, 1.807) is 6.07 Å². The van der Waals surface area contributed by atoms with Crippen molar-refractivity contribution in [1.29, 1.82) is 0 Å². The van der Waals surface area contributed by atoms with Crippen LogP contribution in [-0.2, 0) is 11.3 Å². The highest BCUT2D eigenvalue weighted by Crippen LogP contribution is 2.21. The van der Waals surface area contributed by atoms with Gasteiger partial charge in [-0.1, -0.05) is 19.1 Å². The molecule has 2 N–H and O–H groups in total. The number of phenols is 1. The van der Waals surface area contributed by atoms with E-state index in [1.165, 1.54) is 16.9 Å². The Morgan fingerprint density at radius 1 is 1.30 bits per heavy atom. The zero-order chi connectivity index (χ0) is 16.2. The second kappa shape index (κ2) is 7.35. The van der Waals surface area contributed by atoms with Crippen molar-refractivity contribution in [1.82, 2.24) is 4.90 Å². The van der Waals surface area contributed by atoms with E-state index in [2.05, 4.69) is 17.9 Å². The lowest BCUT2D eigenvalue weighted by Gasteiger charge is -2.36. The lowest BCUT2D eigenvalue weighted by molar-refractivity contribution is -0.919. The number of nitrogens with zero attached hydrogens (tertiary/aromatic N) is 1. The smallest absolute Gasteiger partial charge is 0.226 e. The van der Waals surface area contributed by atoms with E-state index in [9.17, 15) is 9.90 Å². The number of aromatic hydroxyl groups is 1. The van der Waals surface area contributed by atoms with Gasteiger partial charge in [-0.3, -0.25) is 4.79 Å². The Hall–Kier alpha value is -1.55. The molecule has 2 aliphatic rings. The number of carbonyl (C=O) groups is 1. The predicted octanol–water partition coefficient (Wildman–Crippen LogP) is 1.45. The molecule has 1 aromatic carbocycles. The van der Waals surface area contributed by atoms with Gasteiger partial charge in [0.25, 0.3) is 0 Å². The molecule has 0 bridgehead atoms. The summed E-state index contributed by atoms with van der Waals surface area (Å²) in [5.41, 5.74) is 1.18. The maximum atomic E-state index is 12.7. The van der Waals surface area contributed by atoms with Gasteiger partial charge in [0.15, 0.2) is 0 Å². The number of rotatable bonds is 3. The first-order chi connectivity index (χ1) is 11.1. The Morgan fingerprint density at radius 3 is 2.78 bits per heavy atom. The van der Waals surface area contributed by atoms with Gasteiger partial charge in [-0.05, 0) is 30.9 Å². The lowest BCUT2D eigenvalue weighted by atomic mass is 9.92. The summed E-state index contributed by atoms with van der Waals surface area (Å²) in [5.74, 6) is 1.62. The van der Waals surface area contributed by atoms with Crippen molar-refractivity contribution in [2.75, 3.05) is 26.2 Å². The summed E-state index contributed by atoms with van der Waals surface area (Å²) in [6.45, 7) is 7.21. The van der Waals surface area contributed by atoms with E-state index in [-0.39, 0.29) is 5.92 Å². The quantitative estimate of drug-likeness (QED) is 0.886. The van der Waals surface area contributed by atoms with Crippen molar-refractivity contribution in [3.63, 3.8) is 0 Å². The number of nitrogens with one attached hydrogen (secondary N) is 1. The minimum atomic E-state index is 0.230. The van der Waals surface area contributed by atoms with Crippen LogP contribution in [0.25, 0.3) is 0 Å². The average Bonchev–Trinajstić information content (AvgIpc) is 2.55. The zero-order valence-corrected chi connectivity index (χ0v) is 14.1. The number of carbonyl (C=O) groups excluding carboxylic acids is 1. The first kappa shape index (κ1) is 16.3. The number of piperidine rings is 2. The molecule has 126 valence electrons. The van der Waals surface area contributed by atoms with Crippen LogP contribution in [0, 0.1) is 11.8 Å². The van der Waals surface area contributed by atoms with Crippen molar-refractivity contribution in [3.8, 4) is 5.75 Å². The van der Waals surface area contributed by atoms with Gasteiger partial charge in [0.1, 0.15) is 12.3 Å². The summed E-state index contributed by atoms with van der Waals surface area (Å²) >= 11 is 0. The van der Waals surface area contributed by atoms with E-state index < -0.39 is 0 Å². The molecule has 1 atom stereocenters. The molecule has 0 aromatic heterocycles. The topological polar surface area (TPSA) is 45.0 Å². The standard InChI is InChI=1S/C19H28N2O2/c1-15-4-3-9-21(13-15)19(23)17-7-10-20(11-8-17)14-16-5-2-6-18(22)12-16/h2,5-6,12,15,17,22H,3-4,7-11,13-14H2,1H3/p+1/t15-/m0/s1. The lowest BCUT2D eigenvalue weighted by Crippen LogP contribution is -3.11. The van der Waals surface area contributed by atoms with Crippen LogP contribution >= 0.6 is 0 Å². The number of likely N-dealkylation sites (tertiary alicyclic amines) is 2. The van der Waals surface area contributed by atoms with Gasteiger partial charge in [-0.25, -0.2) is 0 Å². The highest BCUT2D eigenvalue weighted by Gasteiger charge is 2.32. The maximum Gasteiger partial charge on any atom is 0.226 e. The van der Waals surface area contributed by atoms with E-state index in [0.717, 1.165) is 52.0 Å². The minimum absolute atomic E-state index is 0.230. The maximum absolute atomic E-state index is 12.7. The molecule has 0 spiro atoms. The van der Waals surface area contributed by atoms with Crippen LogP contribution in [-0.4, -0.2) is 42.1 Å². The third-order valence-electron chi connectivity index (χ3n) is 5.38. The molecule has 23 heavy (non-hydrogen) atoms. The molecule has 0 radical (unpaired) electrons. The van der Waals surface area contributed by atoms with Crippen molar-refractivity contribution in [2.45, 2.75) is 39.2 Å². The van der Waals surface area contributed by atoms with Crippen LogP contribution < -0.4 is 4.90 Å². The zero-order valence-electron chi connectivity index (χ0n) is 14.1. The van der Waals surface area contributed by atoms with Gasteiger partial charge in [0, 0.05) is 37.4 Å². The van der Waals surface area contributed by atoms with Crippen molar-refractivity contribution >= 4 is 5.91 Å². The highest BCUT2D eigenvalue weighted by molar-refractivity contribution is 5.79. The average molecular weight is 317 g/mol. The molecule has 2 heterocycles. The third kappa shape index (κ3) is 4.25. The molecule has 0 saturated carbocycles. The van der Waals surface area contributed by atoms with E-state index in [0.29, 0.717) is 17.6 Å². The molecule has 1 amide bonds. The van der Waals surface area contributed by atoms with E-state index >= 15 is 0 Å². The van der Waals surface area contributed by atoms with E-state index in [1.807, 2.05) is 12.1 Å². The number of hydrogen-bond acceptors (Lipinski definition) is 2. The first-order valence-corrected chi connectivity index (χ1v) is 9.02. The number of phenolic OH excluding ortho intramolecular Hbond substituents is 1. The Morgan fingerprint density at radius 2 is 2.09 bits per heavy atom. The highest BCUT2D eigenvalue weighted by atomic mass is 16.3. The van der Waals surface area contributed by atoms with Gasteiger partial charge in [-0.2, -0.15) is 0 Å². The molecule has 1 aromatic rings. The second-order valence-electron chi connectivity index (χ2n) is 7.40. The molecular formula is C19H29N2O2+.